The number of nitrogens with zero attached hydrogens (tertiary/aromatic N) is 2. The predicted octanol–water partition coefficient (Wildman–Crippen LogP) is 2.23. The van der Waals surface area contributed by atoms with Crippen LogP contribution in [0.3, 0.4) is 0 Å². The van der Waals surface area contributed by atoms with Crippen LogP contribution in [0.1, 0.15) is 38.3 Å². The average Bonchev–Trinajstić information content (AvgIpc) is 2.82. The summed E-state index contributed by atoms with van der Waals surface area (Å²) in [7, 11) is 0. The van der Waals surface area contributed by atoms with Crippen LogP contribution in [-0.2, 0) is 0 Å². The van der Waals surface area contributed by atoms with E-state index in [0.717, 1.165) is 43.7 Å². The predicted molar refractivity (Wildman–Crippen MR) is 84.3 cm³/mol. The van der Waals surface area contributed by atoms with Crippen LogP contribution in [0.2, 0.25) is 0 Å². The summed E-state index contributed by atoms with van der Waals surface area (Å²) >= 11 is 1.56. The van der Waals surface area contributed by atoms with Crippen molar-refractivity contribution in [3.63, 3.8) is 0 Å². The Balaban J connectivity index is 1.93. The number of rotatable bonds is 6. The first kappa shape index (κ1) is 16.1. The lowest BCUT2D eigenvalue weighted by atomic mass is 9.86. The van der Waals surface area contributed by atoms with Gasteiger partial charge < -0.3 is 4.98 Å². The van der Waals surface area contributed by atoms with Gasteiger partial charge in [0.05, 0.1) is 6.07 Å². The van der Waals surface area contributed by atoms with Crippen molar-refractivity contribution in [3.8, 4) is 6.07 Å². The minimum Gasteiger partial charge on any atom is -0.301 e. The lowest BCUT2D eigenvalue weighted by molar-refractivity contribution is 0.317. The zero-order chi connectivity index (χ0) is 15.3. The van der Waals surface area contributed by atoms with Crippen molar-refractivity contribution in [1.29, 1.82) is 5.26 Å². The smallest absolute Gasteiger partial charge is 0.251 e. The molecule has 0 bridgehead atoms. The minimum absolute atomic E-state index is 0.107. The lowest BCUT2D eigenvalue weighted by Gasteiger charge is -2.29. The molecule has 1 fully saturated rings. The molecule has 0 aromatic carbocycles. The van der Waals surface area contributed by atoms with E-state index < -0.39 is 0 Å². The van der Waals surface area contributed by atoms with Crippen molar-refractivity contribution in [2.45, 2.75) is 50.2 Å². The molecule has 114 valence electrons. The summed E-state index contributed by atoms with van der Waals surface area (Å²) in [5, 5.41) is 13.6. The number of aromatic nitrogens is 2. The first-order valence-corrected chi connectivity index (χ1v) is 8.45. The standard InChI is InChI=1S/C15H22N4OS/c1-3-17-15(10-16)7-4-5-12(15)6-8-21-14-18-11(2)9-13(20)19-14/h9,12,17H,3-8H2,1-2H3,(H,18,19,20). The fourth-order valence-electron chi connectivity index (χ4n) is 3.12. The molecule has 2 atom stereocenters. The van der Waals surface area contributed by atoms with Gasteiger partial charge in [-0.05, 0) is 38.6 Å². The summed E-state index contributed by atoms with van der Waals surface area (Å²) in [5.74, 6) is 1.25. The van der Waals surface area contributed by atoms with Gasteiger partial charge in [-0.25, -0.2) is 4.98 Å². The summed E-state index contributed by atoms with van der Waals surface area (Å²) in [4.78, 5) is 18.5. The molecule has 2 unspecified atom stereocenters. The van der Waals surface area contributed by atoms with Crippen LogP contribution < -0.4 is 10.9 Å². The van der Waals surface area contributed by atoms with Crippen LogP contribution in [0.5, 0.6) is 0 Å². The van der Waals surface area contributed by atoms with Crippen molar-refractivity contribution < 1.29 is 0 Å². The van der Waals surface area contributed by atoms with E-state index in [2.05, 4.69) is 21.4 Å². The van der Waals surface area contributed by atoms with E-state index in [-0.39, 0.29) is 11.1 Å². The van der Waals surface area contributed by atoms with Crippen molar-refractivity contribution in [2.75, 3.05) is 12.3 Å². The quantitative estimate of drug-likeness (QED) is 0.622. The van der Waals surface area contributed by atoms with Gasteiger partial charge in [0, 0.05) is 17.5 Å². The first-order valence-electron chi connectivity index (χ1n) is 7.46. The zero-order valence-corrected chi connectivity index (χ0v) is 13.4. The van der Waals surface area contributed by atoms with E-state index in [9.17, 15) is 10.1 Å². The highest BCUT2D eigenvalue weighted by Gasteiger charge is 2.42. The average molecular weight is 306 g/mol. The largest absolute Gasteiger partial charge is 0.301 e. The molecule has 1 aromatic heterocycles. The molecule has 5 nitrogen and oxygen atoms in total. The molecule has 1 aromatic rings. The molecular formula is C15H22N4OS. The number of aromatic amines is 1. The molecule has 0 spiro atoms. The van der Waals surface area contributed by atoms with Crippen LogP contribution >= 0.6 is 11.8 Å². The van der Waals surface area contributed by atoms with E-state index in [1.165, 1.54) is 6.07 Å². The Bertz CT molecular complexity index is 580. The molecule has 0 radical (unpaired) electrons. The Labute approximate surface area is 129 Å². The molecule has 2 rings (SSSR count). The fourth-order valence-corrected chi connectivity index (χ4v) is 4.10. The van der Waals surface area contributed by atoms with E-state index >= 15 is 0 Å². The van der Waals surface area contributed by atoms with E-state index in [1.54, 1.807) is 11.8 Å². The van der Waals surface area contributed by atoms with Gasteiger partial charge in [0.2, 0.25) is 0 Å². The van der Waals surface area contributed by atoms with E-state index in [1.807, 2.05) is 13.8 Å². The summed E-state index contributed by atoms with van der Waals surface area (Å²) < 4.78 is 0. The second-order valence-electron chi connectivity index (χ2n) is 5.53. The second kappa shape index (κ2) is 7.10. The number of H-pyrrole nitrogens is 1. The highest BCUT2D eigenvalue weighted by atomic mass is 32.2. The summed E-state index contributed by atoms with van der Waals surface area (Å²) in [5.41, 5.74) is 0.272. The maximum Gasteiger partial charge on any atom is 0.251 e. The molecule has 2 N–H and O–H groups in total. The Kier molecular flexibility index (Phi) is 5.43. The number of nitrogens with one attached hydrogen (secondary N) is 2. The highest BCUT2D eigenvalue weighted by molar-refractivity contribution is 7.99. The molecule has 6 heteroatoms. The molecule has 1 aliphatic rings. The summed E-state index contributed by atoms with van der Waals surface area (Å²) in [6.07, 6.45) is 4.10. The number of hydrogen-bond donors (Lipinski definition) is 2. The normalized spacial score (nSPS) is 24.9. The van der Waals surface area contributed by atoms with Crippen LogP contribution in [-0.4, -0.2) is 27.8 Å². The number of hydrogen-bond acceptors (Lipinski definition) is 5. The zero-order valence-electron chi connectivity index (χ0n) is 12.6. The van der Waals surface area contributed by atoms with Gasteiger partial charge in [-0.3, -0.25) is 10.1 Å². The molecule has 1 aliphatic carbocycles. The number of nitriles is 1. The molecule has 0 saturated heterocycles. The highest BCUT2D eigenvalue weighted by Crippen LogP contribution is 2.38. The van der Waals surface area contributed by atoms with Gasteiger partial charge in [0.15, 0.2) is 5.16 Å². The molecule has 1 saturated carbocycles. The summed E-state index contributed by atoms with van der Waals surface area (Å²) in [6.45, 7) is 4.69. The van der Waals surface area contributed by atoms with Crippen molar-refractivity contribution >= 4 is 11.8 Å². The monoisotopic (exact) mass is 306 g/mol. The molecular weight excluding hydrogens is 284 g/mol. The van der Waals surface area contributed by atoms with Gasteiger partial charge in [0.1, 0.15) is 5.54 Å². The molecule has 1 heterocycles. The van der Waals surface area contributed by atoms with Gasteiger partial charge in [-0.1, -0.05) is 25.1 Å². The number of thioether (sulfide) groups is 1. The molecule has 0 amide bonds. The van der Waals surface area contributed by atoms with Gasteiger partial charge >= 0.3 is 0 Å². The third-order valence-electron chi connectivity index (χ3n) is 4.07. The Morgan fingerprint density at radius 3 is 3.14 bits per heavy atom. The van der Waals surface area contributed by atoms with E-state index in [4.69, 9.17) is 0 Å². The van der Waals surface area contributed by atoms with Gasteiger partial charge in [-0.15, -0.1) is 0 Å². The molecule has 0 aliphatic heterocycles. The second-order valence-corrected chi connectivity index (χ2v) is 6.62. The topological polar surface area (TPSA) is 81.6 Å². The third-order valence-corrected chi connectivity index (χ3v) is 4.97. The van der Waals surface area contributed by atoms with Gasteiger partial charge in [-0.2, -0.15) is 5.26 Å². The number of aryl methyl sites for hydroxylation is 1. The van der Waals surface area contributed by atoms with Crippen LogP contribution in [0.25, 0.3) is 0 Å². The Hall–Kier alpha value is -1.32. The van der Waals surface area contributed by atoms with Gasteiger partial charge in [0.25, 0.3) is 5.56 Å². The molecule has 21 heavy (non-hydrogen) atoms. The van der Waals surface area contributed by atoms with Crippen LogP contribution in [0.15, 0.2) is 16.0 Å². The fraction of sp³-hybridized carbons (Fsp3) is 0.667. The Morgan fingerprint density at radius 1 is 1.67 bits per heavy atom. The first-order chi connectivity index (χ1) is 10.1. The third kappa shape index (κ3) is 3.86. The maximum absolute atomic E-state index is 11.4. The van der Waals surface area contributed by atoms with Crippen molar-refractivity contribution in [2.24, 2.45) is 5.92 Å². The maximum atomic E-state index is 11.4. The lowest BCUT2D eigenvalue weighted by Crippen LogP contribution is -2.47. The van der Waals surface area contributed by atoms with Crippen LogP contribution in [0, 0.1) is 24.2 Å². The summed E-state index contributed by atoms with van der Waals surface area (Å²) in [6, 6.07) is 3.99. The Morgan fingerprint density at radius 2 is 2.48 bits per heavy atom. The minimum atomic E-state index is -0.358. The van der Waals surface area contributed by atoms with Crippen LogP contribution in [0.4, 0.5) is 0 Å². The van der Waals surface area contributed by atoms with E-state index in [0.29, 0.717) is 11.1 Å². The van der Waals surface area contributed by atoms with Crippen molar-refractivity contribution in [1.82, 2.24) is 15.3 Å². The van der Waals surface area contributed by atoms with Crippen molar-refractivity contribution in [3.05, 3.63) is 22.1 Å². The SMILES string of the molecule is CCNC1(C#N)CCCC1CCSc1nc(C)cc(=O)[nH]1.